The van der Waals surface area contributed by atoms with Crippen molar-refractivity contribution in [1.82, 2.24) is 5.32 Å². The molecule has 1 aliphatic rings. The largest absolute Gasteiger partial charge is 0.366 e. The summed E-state index contributed by atoms with van der Waals surface area (Å²) in [4.78, 5) is 23.1. The Morgan fingerprint density at radius 1 is 1.43 bits per heavy atom. The van der Waals surface area contributed by atoms with E-state index in [1.54, 1.807) is 18.2 Å². The second kappa shape index (κ2) is 8.00. The molecule has 0 radical (unpaired) electrons. The lowest BCUT2D eigenvalue weighted by Crippen LogP contribution is -2.16. The van der Waals surface area contributed by atoms with Crippen molar-refractivity contribution in [1.29, 1.82) is 0 Å². The van der Waals surface area contributed by atoms with Gasteiger partial charge in [0.2, 0.25) is 11.8 Å². The van der Waals surface area contributed by atoms with E-state index in [0.717, 1.165) is 31.5 Å². The second-order valence-electron chi connectivity index (χ2n) is 5.34. The smallest absolute Gasteiger partial charge is 0.248 e. The summed E-state index contributed by atoms with van der Waals surface area (Å²) in [7, 11) is 0. The first-order valence-electron chi connectivity index (χ1n) is 6.97. The first-order chi connectivity index (χ1) is 9.56. The molecule has 0 saturated carbocycles. The third-order valence-electron chi connectivity index (χ3n) is 3.74. The minimum absolute atomic E-state index is 0. The lowest BCUT2D eigenvalue weighted by Gasteiger charge is -2.11. The molecule has 1 unspecified atom stereocenters. The van der Waals surface area contributed by atoms with Crippen LogP contribution in [0.15, 0.2) is 18.2 Å². The van der Waals surface area contributed by atoms with E-state index in [2.05, 4.69) is 10.6 Å². The number of primary amides is 1. The molecule has 4 N–H and O–H groups in total. The van der Waals surface area contributed by atoms with Crippen LogP contribution in [0.25, 0.3) is 0 Å². The van der Waals surface area contributed by atoms with Crippen molar-refractivity contribution >= 4 is 29.9 Å². The summed E-state index contributed by atoms with van der Waals surface area (Å²) in [5.41, 5.74) is 7.24. The van der Waals surface area contributed by atoms with E-state index < -0.39 is 5.91 Å². The molecule has 5 nitrogen and oxygen atoms in total. The fourth-order valence-electron chi connectivity index (χ4n) is 2.42. The van der Waals surface area contributed by atoms with E-state index >= 15 is 0 Å². The zero-order valence-electron chi connectivity index (χ0n) is 12.1. The van der Waals surface area contributed by atoms with Crippen molar-refractivity contribution in [3.63, 3.8) is 0 Å². The highest BCUT2D eigenvalue weighted by Gasteiger charge is 2.16. The topological polar surface area (TPSA) is 84.2 Å². The molecule has 1 fully saturated rings. The monoisotopic (exact) mass is 311 g/mol. The van der Waals surface area contributed by atoms with Gasteiger partial charge in [-0.1, -0.05) is 6.07 Å². The molecule has 1 atom stereocenters. The summed E-state index contributed by atoms with van der Waals surface area (Å²) in [5, 5.41) is 6.15. The molecule has 2 rings (SSSR count). The summed E-state index contributed by atoms with van der Waals surface area (Å²) in [6, 6.07) is 5.08. The number of aryl methyl sites for hydroxylation is 1. The van der Waals surface area contributed by atoms with Crippen LogP contribution in [-0.2, 0) is 4.79 Å². The molecule has 6 heteroatoms. The van der Waals surface area contributed by atoms with Gasteiger partial charge in [-0.15, -0.1) is 12.4 Å². The number of anilines is 1. The molecule has 0 aromatic heterocycles. The minimum Gasteiger partial charge on any atom is -0.366 e. The van der Waals surface area contributed by atoms with Crippen molar-refractivity contribution < 1.29 is 9.59 Å². The number of halogens is 1. The van der Waals surface area contributed by atoms with E-state index in [0.29, 0.717) is 23.6 Å². The molecular weight excluding hydrogens is 290 g/mol. The highest BCUT2D eigenvalue weighted by atomic mass is 35.5. The number of carbonyl (C=O) groups is 2. The quantitative estimate of drug-likeness (QED) is 0.776. The Morgan fingerprint density at radius 2 is 2.19 bits per heavy atom. The summed E-state index contributed by atoms with van der Waals surface area (Å²) >= 11 is 0. The number of nitrogens with one attached hydrogen (secondary N) is 2. The molecular formula is C15H22ClN3O2. The highest BCUT2D eigenvalue weighted by Crippen LogP contribution is 2.19. The third-order valence-corrected chi connectivity index (χ3v) is 3.74. The molecule has 1 aromatic carbocycles. The zero-order chi connectivity index (χ0) is 14.5. The van der Waals surface area contributed by atoms with Crippen molar-refractivity contribution in [2.75, 3.05) is 18.4 Å². The number of benzene rings is 1. The fraction of sp³-hybridized carbons (Fsp3) is 0.467. The number of hydrogen-bond donors (Lipinski definition) is 3. The van der Waals surface area contributed by atoms with Gasteiger partial charge in [0.05, 0.1) is 0 Å². The average molecular weight is 312 g/mol. The van der Waals surface area contributed by atoms with Crippen LogP contribution in [0, 0.1) is 12.8 Å². The van der Waals surface area contributed by atoms with Crippen molar-refractivity contribution in [3.8, 4) is 0 Å². The number of carbonyl (C=O) groups excluding carboxylic acids is 2. The third kappa shape index (κ3) is 5.02. The van der Waals surface area contributed by atoms with Gasteiger partial charge in [-0.2, -0.15) is 0 Å². The van der Waals surface area contributed by atoms with Crippen LogP contribution in [-0.4, -0.2) is 24.9 Å². The van der Waals surface area contributed by atoms with Gasteiger partial charge in [0, 0.05) is 17.7 Å². The Kier molecular flexibility index (Phi) is 6.65. The number of nitrogens with two attached hydrogens (primary N) is 1. The predicted octanol–water partition coefficient (Wildman–Crippen LogP) is 1.84. The van der Waals surface area contributed by atoms with Gasteiger partial charge in [0.25, 0.3) is 0 Å². The van der Waals surface area contributed by atoms with Crippen molar-refractivity contribution in [2.45, 2.75) is 26.2 Å². The maximum absolute atomic E-state index is 12.0. The summed E-state index contributed by atoms with van der Waals surface area (Å²) in [5.74, 6) is 0.0953. The number of amides is 2. The van der Waals surface area contributed by atoms with Gasteiger partial charge < -0.3 is 16.4 Å². The Bertz CT molecular complexity index is 514. The van der Waals surface area contributed by atoms with Gasteiger partial charge in [-0.25, -0.2) is 0 Å². The van der Waals surface area contributed by atoms with Gasteiger partial charge in [-0.3, -0.25) is 9.59 Å². The second-order valence-corrected chi connectivity index (χ2v) is 5.34. The number of rotatable bonds is 5. The van der Waals surface area contributed by atoms with Gasteiger partial charge in [0.15, 0.2) is 0 Å². The first-order valence-corrected chi connectivity index (χ1v) is 6.97. The van der Waals surface area contributed by atoms with Crippen LogP contribution in [0.4, 0.5) is 5.69 Å². The van der Waals surface area contributed by atoms with Crippen LogP contribution in [0.5, 0.6) is 0 Å². The first kappa shape index (κ1) is 17.5. The molecule has 0 bridgehead atoms. The molecule has 0 aliphatic carbocycles. The standard InChI is InChI=1S/C15H21N3O2.ClH/c1-10-2-4-12(15(16)20)8-13(10)18-14(19)5-3-11-6-7-17-9-11;/h2,4,8,11,17H,3,5-7,9H2,1H3,(H2,16,20)(H,18,19);1H. The molecule has 1 saturated heterocycles. The van der Waals surface area contributed by atoms with E-state index in [9.17, 15) is 9.59 Å². The molecule has 21 heavy (non-hydrogen) atoms. The van der Waals surface area contributed by atoms with E-state index in [1.807, 2.05) is 6.92 Å². The Morgan fingerprint density at radius 3 is 2.81 bits per heavy atom. The summed E-state index contributed by atoms with van der Waals surface area (Å²) < 4.78 is 0. The Balaban J connectivity index is 0.00000220. The molecule has 2 amide bonds. The molecule has 116 valence electrons. The SMILES string of the molecule is Cc1ccc(C(N)=O)cc1NC(=O)CCC1CCNC1.Cl. The lowest BCUT2D eigenvalue weighted by molar-refractivity contribution is -0.116. The molecule has 1 aliphatic heterocycles. The van der Waals surface area contributed by atoms with Crippen molar-refractivity contribution in [3.05, 3.63) is 29.3 Å². The molecule has 1 aromatic rings. The van der Waals surface area contributed by atoms with E-state index in [4.69, 9.17) is 5.73 Å². The summed E-state index contributed by atoms with van der Waals surface area (Å²) in [6.07, 6.45) is 2.55. The van der Waals surface area contributed by atoms with Crippen LogP contribution in [0.1, 0.15) is 35.2 Å². The van der Waals surface area contributed by atoms with Crippen LogP contribution in [0.3, 0.4) is 0 Å². The Labute approximate surface area is 131 Å². The van der Waals surface area contributed by atoms with Crippen LogP contribution >= 0.6 is 12.4 Å². The Hall–Kier alpha value is -1.59. The normalized spacial score (nSPS) is 17.1. The average Bonchev–Trinajstić information content (AvgIpc) is 2.92. The molecule has 1 heterocycles. The van der Waals surface area contributed by atoms with Gasteiger partial charge in [-0.05, 0) is 56.5 Å². The highest BCUT2D eigenvalue weighted by molar-refractivity contribution is 5.96. The zero-order valence-corrected chi connectivity index (χ0v) is 13.0. The number of hydrogen-bond acceptors (Lipinski definition) is 3. The van der Waals surface area contributed by atoms with Crippen LogP contribution in [0.2, 0.25) is 0 Å². The minimum atomic E-state index is -0.488. The summed E-state index contributed by atoms with van der Waals surface area (Å²) in [6.45, 7) is 3.94. The van der Waals surface area contributed by atoms with E-state index in [1.165, 1.54) is 0 Å². The maximum Gasteiger partial charge on any atom is 0.248 e. The molecule has 0 spiro atoms. The van der Waals surface area contributed by atoms with Crippen molar-refractivity contribution in [2.24, 2.45) is 11.7 Å². The fourth-order valence-corrected chi connectivity index (χ4v) is 2.42. The van der Waals surface area contributed by atoms with Gasteiger partial charge >= 0.3 is 0 Å². The maximum atomic E-state index is 12.0. The van der Waals surface area contributed by atoms with E-state index in [-0.39, 0.29) is 18.3 Å². The predicted molar refractivity (Wildman–Crippen MR) is 85.8 cm³/mol. The lowest BCUT2D eigenvalue weighted by atomic mass is 10.0. The van der Waals surface area contributed by atoms with Crippen LogP contribution < -0.4 is 16.4 Å². The van der Waals surface area contributed by atoms with Gasteiger partial charge in [0.1, 0.15) is 0 Å².